The Morgan fingerprint density at radius 2 is 1.12 bits per heavy atom. The fraction of sp³-hybridized carbons (Fsp3) is 0.0588. The fourth-order valence-corrected chi connectivity index (χ4v) is 4.87. The van der Waals surface area contributed by atoms with Crippen LogP contribution >= 0.6 is 11.3 Å². The van der Waals surface area contributed by atoms with E-state index in [0.717, 1.165) is 38.9 Å². The van der Waals surface area contributed by atoms with Crippen molar-refractivity contribution in [1.29, 1.82) is 0 Å². The summed E-state index contributed by atoms with van der Waals surface area (Å²) in [4.78, 5) is 0. The molecular formula is C34H27N3O3S. The van der Waals surface area contributed by atoms with Crippen LogP contribution in [0.3, 0.4) is 0 Å². The summed E-state index contributed by atoms with van der Waals surface area (Å²) in [6.45, 7) is 0.902. The molecule has 1 heterocycles. The highest BCUT2D eigenvalue weighted by molar-refractivity contribution is 7.18. The molecule has 0 unspecified atom stereocenters. The van der Waals surface area contributed by atoms with Gasteiger partial charge in [0.2, 0.25) is 5.13 Å². The molecule has 0 amide bonds. The van der Waals surface area contributed by atoms with Crippen LogP contribution < -0.4 is 19.5 Å². The molecule has 6 aromatic rings. The fourth-order valence-electron chi connectivity index (χ4n) is 4.12. The van der Waals surface area contributed by atoms with Gasteiger partial charge in [-0.25, -0.2) is 0 Å². The van der Waals surface area contributed by atoms with Crippen molar-refractivity contribution in [3.05, 3.63) is 145 Å². The molecule has 1 aromatic heterocycles. The van der Waals surface area contributed by atoms with Gasteiger partial charge in [-0.1, -0.05) is 96.3 Å². The minimum absolute atomic E-state index is 0.451. The molecule has 0 atom stereocenters. The van der Waals surface area contributed by atoms with E-state index in [1.54, 1.807) is 0 Å². The van der Waals surface area contributed by atoms with Crippen molar-refractivity contribution in [2.45, 2.75) is 13.2 Å². The summed E-state index contributed by atoms with van der Waals surface area (Å²) in [5.41, 5.74) is 3.90. The van der Waals surface area contributed by atoms with E-state index in [1.165, 1.54) is 11.3 Å². The van der Waals surface area contributed by atoms with Crippen LogP contribution in [0.5, 0.6) is 23.0 Å². The normalized spacial score (nSPS) is 10.6. The van der Waals surface area contributed by atoms with Gasteiger partial charge in [0.15, 0.2) is 0 Å². The van der Waals surface area contributed by atoms with E-state index in [-0.39, 0.29) is 0 Å². The first kappa shape index (κ1) is 26.1. The molecule has 0 radical (unpaired) electrons. The van der Waals surface area contributed by atoms with Gasteiger partial charge in [0, 0.05) is 23.4 Å². The van der Waals surface area contributed by atoms with Crippen molar-refractivity contribution < 1.29 is 14.2 Å². The lowest BCUT2D eigenvalue weighted by Crippen LogP contribution is -1.98. The van der Waals surface area contributed by atoms with E-state index in [1.807, 2.05) is 133 Å². The molecule has 1 N–H and O–H groups in total. The Labute approximate surface area is 242 Å². The zero-order chi connectivity index (χ0) is 27.7. The molecule has 0 aliphatic carbocycles. The molecule has 0 aliphatic rings. The average Bonchev–Trinajstić information content (AvgIpc) is 3.49. The smallest absolute Gasteiger partial charge is 0.210 e. The molecule has 41 heavy (non-hydrogen) atoms. The Morgan fingerprint density at radius 1 is 0.537 bits per heavy atom. The molecule has 0 bridgehead atoms. The SMILES string of the molecule is c1ccc(COc2cc(OCc3ccccc3)cc(-c3nnc(Nc4cccc(Oc5ccccc5)c4)s3)c2)cc1. The second kappa shape index (κ2) is 12.8. The van der Waals surface area contributed by atoms with Gasteiger partial charge in [0.25, 0.3) is 0 Å². The molecule has 6 nitrogen and oxygen atoms in total. The molecule has 5 aromatic carbocycles. The Balaban J connectivity index is 1.20. The number of benzene rings is 5. The number of nitrogens with one attached hydrogen (secondary N) is 1. The zero-order valence-electron chi connectivity index (χ0n) is 22.1. The molecule has 7 heteroatoms. The minimum atomic E-state index is 0.451. The number of anilines is 2. The summed E-state index contributed by atoms with van der Waals surface area (Å²) in [6.07, 6.45) is 0. The highest BCUT2D eigenvalue weighted by Crippen LogP contribution is 2.35. The van der Waals surface area contributed by atoms with E-state index >= 15 is 0 Å². The first-order chi connectivity index (χ1) is 20.3. The molecule has 0 saturated carbocycles. The van der Waals surface area contributed by atoms with Gasteiger partial charge in [-0.05, 0) is 47.5 Å². The maximum atomic E-state index is 6.16. The van der Waals surface area contributed by atoms with Crippen LogP contribution in [-0.2, 0) is 13.2 Å². The van der Waals surface area contributed by atoms with Gasteiger partial charge in [0.05, 0.1) is 0 Å². The third kappa shape index (κ3) is 7.29. The number of ether oxygens (including phenoxy) is 3. The second-order valence-electron chi connectivity index (χ2n) is 9.22. The predicted octanol–water partition coefficient (Wildman–Crippen LogP) is 8.90. The standard InChI is InChI=1S/C34H27N3O3S/c1-4-11-25(12-5-1)23-38-31-19-27(20-32(22-31)39-24-26-13-6-2-7-14-26)33-36-37-34(41-33)35-28-15-10-18-30(21-28)40-29-16-8-3-9-17-29/h1-22H,23-24H2,(H,35,37). The first-order valence-corrected chi connectivity index (χ1v) is 14.0. The number of hydrogen-bond acceptors (Lipinski definition) is 7. The lowest BCUT2D eigenvalue weighted by atomic mass is 10.2. The lowest BCUT2D eigenvalue weighted by Gasteiger charge is -2.12. The summed E-state index contributed by atoms with van der Waals surface area (Å²) in [5.74, 6) is 2.91. The predicted molar refractivity (Wildman–Crippen MR) is 163 cm³/mol. The quantitative estimate of drug-likeness (QED) is 0.172. The number of rotatable bonds is 11. The highest BCUT2D eigenvalue weighted by Gasteiger charge is 2.12. The third-order valence-electron chi connectivity index (χ3n) is 6.11. The van der Waals surface area contributed by atoms with E-state index in [9.17, 15) is 0 Å². The van der Waals surface area contributed by atoms with Crippen LogP contribution in [-0.4, -0.2) is 10.2 Å². The maximum absolute atomic E-state index is 6.16. The molecule has 202 valence electrons. The van der Waals surface area contributed by atoms with Crippen LogP contribution in [0.2, 0.25) is 0 Å². The molecular weight excluding hydrogens is 530 g/mol. The molecule has 6 rings (SSSR count). The third-order valence-corrected chi connectivity index (χ3v) is 7.00. The Kier molecular flexibility index (Phi) is 8.15. The van der Waals surface area contributed by atoms with Crippen molar-refractivity contribution in [2.24, 2.45) is 0 Å². The van der Waals surface area contributed by atoms with E-state index in [2.05, 4.69) is 15.5 Å². The summed E-state index contributed by atoms with van der Waals surface area (Å²) >= 11 is 1.45. The van der Waals surface area contributed by atoms with Gasteiger partial charge in [-0.15, -0.1) is 10.2 Å². The van der Waals surface area contributed by atoms with Gasteiger partial charge in [-0.2, -0.15) is 0 Å². The van der Waals surface area contributed by atoms with Gasteiger partial charge in [0.1, 0.15) is 41.2 Å². The van der Waals surface area contributed by atoms with E-state index in [4.69, 9.17) is 14.2 Å². The van der Waals surface area contributed by atoms with Gasteiger partial charge < -0.3 is 19.5 Å². The van der Waals surface area contributed by atoms with Gasteiger partial charge in [-0.3, -0.25) is 0 Å². The Morgan fingerprint density at radius 3 is 1.76 bits per heavy atom. The maximum Gasteiger partial charge on any atom is 0.210 e. The molecule has 0 spiro atoms. The number of nitrogens with zero attached hydrogens (tertiary/aromatic N) is 2. The van der Waals surface area contributed by atoms with Crippen LogP contribution in [0.25, 0.3) is 10.6 Å². The van der Waals surface area contributed by atoms with Crippen molar-refractivity contribution in [2.75, 3.05) is 5.32 Å². The topological polar surface area (TPSA) is 65.5 Å². The van der Waals surface area contributed by atoms with Crippen molar-refractivity contribution in [1.82, 2.24) is 10.2 Å². The number of aromatic nitrogens is 2. The zero-order valence-corrected chi connectivity index (χ0v) is 23.0. The number of hydrogen-bond donors (Lipinski definition) is 1. The van der Waals surface area contributed by atoms with Crippen LogP contribution in [0.4, 0.5) is 10.8 Å². The Hall–Kier alpha value is -5.14. The van der Waals surface area contributed by atoms with E-state index < -0.39 is 0 Å². The summed E-state index contributed by atoms with van der Waals surface area (Å²) in [6, 6.07) is 43.5. The minimum Gasteiger partial charge on any atom is -0.489 e. The lowest BCUT2D eigenvalue weighted by molar-refractivity contribution is 0.290. The monoisotopic (exact) mass is 557 g/mol. The van der Waals surface area contributed by atoms with Crippen molar-refractivity contribution in [3.8, 4) is 33.6 Å². The highest BCUT2D eigenvalue weighted by atomic mass is 32.1. The van der Waals surface area contributed by atoms with Crippen LogP contribution in [0, 0.1) is 0 Å². The molecule has 0 aliphatic heterocycles. The first-order valence-electron chi connectivity index (χ1n) is 13.2. The molecule has 0 fully saturated rings. The van der Waals surface area contributed by atoms with Crippen LogP contribution in [0.15, 0.2) is 133 Å². The summed E-state index contributed by atoms with van der Waals surface area (Å²) in [7, 11) is 0. The van der Waals surface area contributed by atoms with Gasteiger partial charge >= 0.3 is 0 Å². The van der Waals surface area contributed by atoms with Crippen molar-refractivity contribution in [3.63, 3.8) is 0 Å². The number of para-hydroxylation sites is 1. The second-order valence-corrected chi connectivity index (χ2v) is 10.2. The summed E-state index contributed by atoms with van der Waals surface area (Å²) < 4.78 is 18.3. The Bertz CT molecular complexity index is 1630. The van der Waals surface area contributed by atoms with Crippen LogP contribution in [0.1, 0.15) is 11.1 Å². The molecule has 0 saturated heterocycles. The summed E-state index contributed by atoms with van der Waals surface area (Å²) in [5, 5.41) is 13.6. The largest absolute Gasteiger partial charge is 0.489 e. The average molecular weight is 558 g/mol. The van der Waals surface area contributed by atoms with Crippen molar-refractivity contribution >= 4 is 22.2 Å². The van der Waals surface area contributed by atoms with E-state index in [0.29, 0.717) is 29.8 Å².